The highest BCUT2D eigenvalue weighted by Crippen LogP contribution is 2.57. The zero-order chi connectivity index (χ0) is 25.5. The van der Waals surface area contributed by atoms with Crippen molar-refractivity contribution in [2.24, 2.45) is 17.6 Å². The molecule has 6 atom stereocenters. The number of methoxy groups -OCH3 is 1. The Morgan fingerprint density at radius 2 is 1.79 bits per heavy atom. The summed E-state index contributed by atoms with van der Waals surface area (Å²) in [4.78, 5) is 40.2. The van der Waals surface area contributed by atoms with Gasteiger partial charge in [-0.05, 0) is 32.6 Å². The Balaban J connectivity index is 2.11. The van der Waals surface area contributed by atoms with Gasteiger partial charge in [-0.15, -0.1) is 0 Å². The minimum absolute atomic E-state index is 0.0292. The molecule has 0 aliphatic heterocycles. The van der Waals surface area contributed by atoms with Gasteiger partial charge in [-0.2, -0.15) is 0 Å². The molecule has 0 heterocycles. The fraction of sp³-hybridized carbons (Fsp3) is 0.435. The highest BCUT2D eigenvalue weighted by Gasteiger charge is 2.70. The number of hydrogen-bond acceptors (Lipinski definition) is 10. The quantitative estimate of drug-likeness (QED) is 0.293. The number of carbonyl (C=O) groups is 3. The molecule has 4 rings (SSSR count). The van der Waals surface area contributed by atoms with Gasteiger partial charge in [0.05, 0.1) is 47.8 Å². The smallest absolute Gasteiger partial charge is 0.255 e. The first-order chi connectivity index (χ1) is 15.7. The van der Waals surface area contributed by atoms with Gasteiger partial charge in [0, 0.05) is 0 Å². The first kappa shape index (κ1) is 23.9. The molecular weight excluding hydrogens is 448 g/mol. The highest BCUT2D eigenvalue weighted by molar-refractivity contribution is 6.24. The predicted molar refractivity (Wildman–Crippen MR) is 116 cm³/mol. The molecule has 34 heavy (non-hydrogen) atoms. The van der Waals surface area contributed by atoms with E-state index in [1.54, 1.807) is 6.07 Å². The second-order valence-corrected chi connectivity index (χ2v) is 9.24. The summed E-state index contributed by atoms with van der Waals surface area (Å²) in [6.07, 6.45) is -1.83. The molecule has 11 nitrogen and oxygen atoms in total. The summed E-state index contributed by atoms with van der Waals surface area (Å²) >= 11 is 0. The van der Waals surface area contributed by atoms with Gasteiger partial charge < -0.3 is 36.0 Å². The van der Waals surface area contributed by atoms with Crippen LogP contribution in [0.25, 0.3) is 5.76 Å². The summed E-state index contributed by atoms with van der Waals surface area (Å²) in [5.74, 6) is -8.71. The summed E-state index contributed by atoms with van der Waals surface area (Å²) < 4.78 is 5.27. The first-order valence-electron chi connectivity index (χ1n) is 10.5. The van der Waals surface area contributed by atoms with Crippen molar-refractivity contribution in [3.8, 4) is 5.75 Å². The summed E-state index contributed by atoms with van der Waals surface area (Å²) in [7, 11) is 4.16. The molecule has 11 heteroatoms. The van der Waals surface area contributed by atoms with E-state index < -0.39 is 75.3 Å². The minimum atomic E-state index is -2.98. The second-order valence-electron chi connectivity index (χ2n) is 9.24. The van der Waals surface area contributed by atoms with Crippen molar-refractivity contribution < 1.29 is 44.7 Å². The van der Waals surface area contributed by atoms with Crippen LogP contribution in [0.15, 0.2) is 35.1 Å². The lowest BCUT2D eigenvalue weighted by Gasteiger charge is -2.55. The van der Waals surface area contributed by atoms with Crippen molar-refractivity contribution in [3.05, 3.63) is 46.2 Å². The summed E-state index contributed by atoms with van der Waals surface area (Å²) in [6, 6.07) is 3.06. The molecule has 0 radical (unpaired) electrons. The van der Waals surface area contributed by atoms with Crippen LogP contribution in [0.2, 0.25) is 0 Å². The zero-order valence-electron chi connectivity index (χ0n) is 18.9. The van der Waals surface area contributed by atoms with Crippen LogP contribution in [0.3, 0.4) is 0 Å². The van der Waals surface area contributed by atoms with Gasteiger partial charge in [0.2, 0.25) is 5.78 Å². The average Bonchev–Trinajstić information content (AvgIpc) is 2.75. The summed E-state index contributed by atoms with van der Waals surface area (Å²) in [5.41, 5.74) is -1.10. The number of benzene rings is 1. The van der Waals surface area contributed by atoms with Gasteiger partial charge in [0.15, 0.2) is 11.4 Å². The van der Waals surface area contributed by atoms with Crippen molar-refractivity contribution in [2.75, 3.05) is 21.2 Å². The van der Waals surface area contributed by atoms with E-state index in [2.05, 4.69) is 0 Å². The molecule has 3 aliphatic carbocycles. The van der Waals surface area contributed by atoms with Gasteiger partial charge in [0.1, 0.15) is 22.8 Å². The van der Waals surface area contributed by atoms with Crippen molar-refractivity contribution >= 4 is 23.2 Å². The number of ketones is 2. The number of fused-ring (bicyclic) bond motifs is 3. The third kappa shape index (κ3) is 2.69. The Bertz CT molecular complexity index is 1200. The van der Waals surface area contributed by atoms with E-state index in [-0.39, 0.29) is 16.9 Å². The SMILES string of the molecule is COc1cccc2c1C(O)=C1C(=O)[C@]3(O)C(O)=C(C(N)=O)C(=O)[C@@H](N(C)C)[C@@H]3[C@@H](O)[C@@H]1[C@]2(C)O. The van der Waals surface area contributed by atoms with Crippen LogP contribution in [0.4, 0.5) is 0 Å². The van der Waals surface area contributed by atoms with E-state index in [1.165, 1.54) is 45.2 Å². The molecule has 1 amide bonds. The second kappa shape index (κ2) is 7.37. The Kier molecular flexibility index (Phi) is 5.18. The number of aliphatic hydroxyl groups excluding tert-OH is 3. The number of primary amides is 1. The number of amides is 1. The molecular formula is C23H26N2O9. The standard InChI is InChI=1S/C23H26N2O9/c1-22(32)8-6-5-7-9(34-4)10(8)16(26)11-13(22)18(28)14-15(25(2)3)17(27)12(21(24)31)20(30)23(14,33)19(11)29/h5-7,13-15,18,26,28,30,32-33H,1-4H3,(H2,24,31)/t13-,14-,15+,18+,22-,23+/m1/s1. The van der Waals surface area contributed by atoms with Crippen LogP contribution < -0.4 is 10.5 Å². The van der Waals surface area contributed by atoms with Crippen molar-refractivity contribution in [1.82, 2.24) is 4.90 Å². The molecule has 1 aromatic carbocycles. The van der Waals surface area contributed by atoms with Crippen molar-refractivity contribution in [1.29, 1.82) is 0 Å². The van der Waals surface area contributed by atoms with E-state index in [1.807, 2.05) is 0 Å². The van der Waals surface area contributed by atoms with Crippen LogP contribution in [0.1, 0.15) is 18.1 Å². The molecule has 1 aromatic rings. The molecule has 0 spiro atoms. The predicted octanol–water partition coefficient (Wildman–Crippen LogP) is -1.10. The number of rotatable bonds is 3. The van der Waals surface area contributed by atoms with Gasteiger partial charge in [0.25, 0.3) is 5.91 Å². The fourth-order valence-electron chi connectivity index (χ4n) is 5.75. The molecule has 182 valence electrons. The molecule has 1 fully saturated rings. The Morgan fingerprint density at radius 1 is 1.18 bits per heavy atom. The van der Waals surface area contributed by atoms with Crippen molar-refractivity contribution in [3.63, 3.8) is 0 Å². The largest absolute Gasteiger partial charge is 0.508 e. The number of nitrogens with zero attached hydrogens (tertiary/aromatic N) is 1. The van der Waals surface area contributed by atoms with Crippen LogP contribution >= 0.6 is 0 Å². The van der Waals surface area contributed by atoms with Crippen LogP contribution in [-0.2, 0) is 20.0 Å². The van der Waals surface area contributed by atoms with Crippen LogP contribution in [0, 0.1) is 11.8 Å². The Hall–Kier alpha value is -3.25. The maximum Gasteiger partial charge on any atom is 0.255 e. The lowest BCUT2D eigenvalue weighted by molar-refractivity contribution is -0.181. The average molecular weight is 474 g/mol. The third-order valence-corrected chi connectivity index (χ3v) is 7.24. The number of hydrogen-bond donors (Lipinski definition) is 6. The minimum Gasteiger partial charge on any atom is -0.508 e. The lowest BCUT2D eigenvalue weighted by Crippen LogP contribution is -2.71. The number of carbonyl (C=O) groups excluding carboxylic acids is 3. The first-order valence-corrected chi connectivity index (χ1v) is 10.5. The zero-order valence-corrected chi connectivity index (χ0v) is 18.9. The van der Waals surface area contributed by atoms with Gasteiger partial charge in [-0.3, -0.25) is 19.3 Å². The van der Waals surface area contributed by atoms with Crippen LogP contribution in [-0.4, -0.2) is 86.9 Å². The molecule has 0 bridgehead atoms. The fourth-order valence-corrected chi connectivity index (χ4v) is 5.75. The molecule has 3 aliphatic rings. The number of nitrogens with two attached hydrogens (primary N) is 1. The highest BCUT2D eigenvalue weighted by atomic mass is 16.5. The number of Topliss-reactive ketones (excluding diaryl/α,β-unsaturated/α-hetero) is 2. The lowest BCUT2D eigenvalue weighted by atomic mass is 9.53. The number of aliphatic hydroxyl groups is 5. The van der Waals surface area contributed by atoms with Gasteiger partial charge >= 0.3 is 0 Å². The monoisotopic (exact) mass is 474 g/mol. The molecule has 1 saturated carbocycles. The normalized spacial score (nSPS) is 35.2. The molecule has 7 N–H and O–H groups in total. The van der Waals surface area contributed by atoms with Crippen LogP contribution in [0.5, 0.6) is 5.75 Å². The number of ether oxygens (including phenoxy) is 1. The van der Waals surface area contributed by atoms with E-state index in [4.69, 9.17) is 10.5 Å². The summed E-state index contributed by atoms with van der Waals surface area (Å²) in [5, 5.41) is 56.6. The molecule has 0 unspecified atom stereocenters. The maximum absolute atomic E-state index is 13.8. The Labute approximate surface area is 194 Å². The molecule has 0 aromatic heterocycles. The maximum atomic E-state index is 13.8. The van der Waals surface area contributed by atoms with E-state index in [9.17, 15) is 39.9 Å². The summed E-state index contributed by atoms with van der Waals surface area (Å²) in [6.45, 7) is 1.32. The third-order valence-electron chi connectivity index (χ3n) is 7.24. The van der Waals surface area contributed by atoms with E-state index >= 15 is 0 Å². The molecule has 0 saturated heterocycles. The van der Waals surface area contributed by atoms with Gasteiger partial charge in [-0.25, -0.2) is 0 Å². The Morgan fingerprint density at radius 3 is 2.32 bits per heavy atom. The van der Waals surface area contributed by atoms with Crippen molar-refractivity contribution in [2.45, 2.75) is 30.3 Å². The van der Waals surface area contributed by atoms with E-state index in [0.717, 1.165) is 0 Å². The van der Waals surface area contributed by atoms with Gasteiger partial charge in [-0.1, -0.05) is 12.1 Å². The van der Waals surface area contributed by atoms with E-state index in [0.29, 0.717) is 0 Å². The topological polar surface area (TPSA) is 191 Å². The number of likely N-dealkylation sites (N-methyl/N-ethyl adjacent to an activating group) is 1.